The highest BCUT2D eigenvalue weighted by atomic mass is 16.1. The van der Waals surface area contributed by atoms with Crippen molar-refractivity contribution < 1.29 is 4.79 Å². The van der Waals surface area contributed by atoms with E-state index in [0.29, 0.717) is 0 Å². The molecule has 1 amide bonds. The average molecular weight is 266 g/mol. The Kier molecular flexibility index (Phi) is 6.26. The first-order valence-corrected chi connectivity index (χ1v) is 7.18. The highest BCUT2D eigenvalue weighted by Gasteiger charge is 2.26. The summed E-state index contributed by atoms with van der Waals surface area (Å²) in [5.41, 5.74) is 4.94. The molecule has 0 aromatic carbocycles. The largest absolute Gasteiger partial charge is 0.369 e. The Balaban J connectivity index is 2.28. The number of likely N-dealkylation sites (tertiary alicyclic amines) is 1. The van der Waals surface area contributed by atoms with Crippen molar-refractivity contribution >= 4 is 5.91 Å². The lowest BCUT2D eigenvalue weighted by atomic mass is 9.91. The molecule has 1 rings (SSSR count). The summed E-state index contributed by atoms with van der Waals surface area (Å²) in [6, 6.07) is 2.38. The van der Waals surface area contributed by atoms with E-state index in [-0.39, 0.29) is 17.4 Å². The van der Waals surface area contributed by atoms with Gasteiger partial charge in [0.2, 0.25) is 5.91 Å². The summed E-state index contributed by atoms with van der Waals surface area (Å²) in [7, 11) is 1.85. The summed E-state index contributed by atoms with van der Waals surface area (Å²) in [5, 5.41) is 12.4. The highest BCUT2D eigenvalue weighted by Crippen LogP contribution is 2.19. The quantitative estimate of drug-likeness (QED) is 0.716. The number of nitrogens with two attached hydrogens (primary N) is 1. The van der Waals surface area contributed by atoms with Crippen molar-refractivity contribution in [3.05, 3.63) is 0 Å². The van der Waals surface area contributed by atoms with Gasteiger partial charge in [-0.25, -0.2) is 0 Å². The van der Waals surface area contributed by atoms with Crippen molar-refractivity contribution in [1.29, 1.82) is 5.26 Å². The van der Waals surface area contributed by atoms with Crippen molar-refractivity contribution in [1.82, 2.24) is 10.2 Å². The summed E-state index contributed by atoms with van der Waals surface area (Å²) in [5.74, 6) is -0.105. The highest BCUT2D eigenvalue weighted by molar-refractivity contribution is 5.76. The van der Waals surface area contributed by atoms with Gasteiger partial charge in [0.15, 0.2) is 0 Å². The minimum atomic E-state index is -0.383. The van der Waals surface area contributed by atoms with Crippen molar-refractivity contribution in [2.75, 3.05) is 26.7 Å². The van der Waals surface area contributed by atoms with E-state index >= 15 is 0 Å². The van der Waals surface area contributed by atoms with Gasteiger partial charge >= 0.3 is 0 Å². The van der Waals surface area contributed by atoms with E-state index in [9.17, 15) is 10.1 Å². The molecule has 1 fully saturated rings. The maximum atomic E-state index is 11.1. The van der Waals surface area contributed by atoms with Gasteiger partial charge in [0.05, 0.1) is 6.07 Å². The van der Waals surface area contributed by atoms with Crippen LogP contribution < -0.4 is 11.1 Å². The number of nitrogens with one attached hydrogen (secondary N) is 1. The molecular weight excluding hydrogens is 240 g/mol. The van der Waals surface area contributed by atoms with Crippen LogP contribution >= 0.6 is 0 Å². The summed E-state index contributed by atoms with van der Waals surface area (Å²) in [4.78, 5) is 13.5. The van der Waals surface area contributed by atoms with Gasteiger partial charge in [-0.1, -0.05) is 6.92 Å². The van der Waals surface area contributed by atoms with Gasteiger partial charge in [-0.3, -0.25) is 4.79 Å². The molecule has 5 nitrogen and oxygen atoms in total. The molecule has 19 heavy (non-hydrogen) atoms. The number of carbonyl (C=O) groups is 1. The first-order valence-electron chi connectivity index (χ1n) is 7.18. The van der Waals surface area contributed by atoms with Crippen LogP contribution in [-0.2, 0) is 4.79 Å². The Morgan fingerprint density at radius 2 is 2.16 bits per heavy atom. The number of nitriles is 1. The molecule has 1 aliphatic heterocycles. The SMILES string of the molecule is CCC(C#N)(CCCN1CCC(C(N)=O)CC1)NC. The molecule has 1 atom stereocenters. The van der Waals surface area contributed by atoms with E-state index in [0.717, 1.165) is 51.7 Å². The molecule has 1 unspecified atom stereocenters. The number of piperidine rings is 1. The van der Waals surface area contributed by atoms with Crippen LogP contribution in [0.25, 0.3) is 0 Å². The Hall–Kier alpha value is -1.12. The molecule has 0 radical (unpaired) electrons. The Morgan fingerprint density at radius 1 is 1.53 bits per heavy atom. The fraction of sp³-hybridized carbons (Fsp3) is 0.857. The van der Waals surface area contributed by atoms with E-state index in [4.69, 9.17) is 5.73 Å². The van der Waals surface area contributed by atoms with Gasteiger partial charge in [0.1, 0.15) is 5.54 Å². The van der Waals surface area contributed by atoms with E-state index in [1.807, 2.05) is 14.0 Å². The maximum absolute atomic E-state index is 11.1. The minimum Gasteiger partial charge on any atom is -0.369 e. The second kappa shape index (κ2) is 7.46. The van der Waals surface area contributed by atoms with Crippen LogP contribution in [0.3, 0.4) is 0 Å². The Bertz CT molecular complexity index is 325. The van der Waals surface area contributed by atoms with Gasteiger partial charge in [0, 0.05) is 5.92 Å². The second-order valence-electron chi connectivity index (χ2n) is 5.42. The van der Waals surface area contributed by atoms with Gasteiger partial charge in [0.25, 0.3) is 0 Å². The minimum absolute atomic E-state index is 0.0578. The summed E-state index contributed by atoms with van der Waals surface area (Å²) >= 11 is 0. The Labute approximate surface area is 116 Å². The molecule has 1 saturated heterocycles. The molecule has 0 aromatic heterocycles. The lowest BCUT2D eigenvalue weighted by molar-refractivity contribution is -0.123. The number of carbonyl (C=O) groups excluding carboxylic acids is 1. The van der Waals surface area contributed by atoms with E-state index in [1.165, 1.54) is 0 Å². The van der Waals surface area contributed by atoms with E-state index in [1.54, 1.807) is 0 Å². The van der Waals surface area contributed by atoms with E-state index in [2.05, 4.69) is 16.3 Å². The monoisotopic (exact) mass is 266 g/mol. The van der Waals surface area contributed by atoms with Gasteiger partial charge in [-0.05, 0) is 58.8 Å². The molecule has 1 aliphatic rings. The van der Waals surface area contributed by atoms with Crippen LogP contribution in [0.1, 0.15) is 39.0 Å². The molecule has 0 spiro atoms. The van der Waals surface area contributed by atoms with Crippen LogP contribution in [0, 0.1) is 17.2 Å². The van der Waals surface area contributed by atoms with Crippen molar-refractivity contribution in [3.63, 3.8) is 0 Å². The summed E-state index contributed by atoms with van der Waals surface area (Å²) in [6.07, 6.45) is 4.44. The van der Waals surface area contributed by atoms with Gasteiger partial charge in [-0.2, -0.15) is 5.26 Å². The predicted molar refractivity (Wildman–Crippen MR) is 75.3 cm³/mol. The molecule has 1 heterocycles. The zero-order chi connectivity index (χ0) is 14.3. The van der Waals surface area contributed by atoms with Crippen LogP contribution in [-0.4, -0.2) is 43.0 Å². The first-order chi connectivity index (χ1) is 9.06. The van der Waals surface area contributed by atoms with Crippen LogP contribution in [0.15, 0.2) is 0 Å². The predicted octanol–water partition coefficient (Wildman–Crippen LogP) is 0.856. The van der Waals surface area contributed by atoms with Crippen LogP contribution in [0.2, 0.25) is 0 Å². The Morgan fingerprint density at radius 3 is 2.58 bits per heavy atom. The fourth-order valence-corrected chi connectivity index (χ4v) is 2.71. The fourth-order valence-electron chi connectivity index (χ4n) is 2.71. The molecule has 0 saturated carbocycles. The smallest absolute Gasteiger partial charge is 0.220 e. The lowest BCUT2D eigenvalue weighted by Crippen LogP contribution is -2.42. The molecular formula is C14H26N4O. The summed E-state index contributed by atoms with van der Waals surface area (Å²) < 4.78 is 0. The number of hydrogen-bond acceptors (Lipinski definition) is 4. The molecule has 0 bridgehead atoms. The zero-order valence-electron chi connectivity index (χ0n) is 12.1. The summed E-state index contributed by atoms with van der Waals surface area (Å²) in [6.45, 7) is 4.92. The topological polar surface area (TPSA) is 82.2 Å². The number of nitrogens with zero attached hydrogens (tertiary/aromatic N) is 2. The van der Waals surface area contributed by atoms with Crippen LogP contribution in [0.4, 0.5) is 0 Å². The van der Waals surface area contributed by atoms with Gasteiger partial charge in [-0.15, -0.1) is 0 Å². The third kappa shape index (κ3) is 4.48. The molecule has 0 aromatic rings. The lowest BCUT2D eigenvalue weighted by Gasteiger charge is -2.31. The third-order valence-corrected chi connectivity index (χ3v) is 4.36. The van der Waals surface area contributed by atoms with Crippen molar-refractivity contribution in [2.45, 2.75) is 44.6 Å². The van der Waals surface area contributed by atoms with E-state index < -0.39 is 0 Å². The standard InChI is InChI=1S/C14H26N4O/c1-3-14(11-15,17-2)7-4-8-18-9-5-12(6-10-18)13(16)19/h12,17H,3-10H2,1-2H3,(H2,16,19). The molecule has 3 N–H and O–H groups in total. The number of amides is 1. The number of rotatable bonds is 7. The average Bonchev–Trinajstić information content (AvgIpc) is 2.45. The van der Waals surface area contributed by atoms with Gasteiger partial charge < -0.3 is 16.0 Å². The molecule has 5 heteroatoms. The van der Waals surface area contributed by atoms with Crippen molar-refractivity contribution in [2.24, 2.45) is 11.7 Å². The number of primary amides is 1. The zero-order valence-corrected chi connectivity index (χ0v) is 12.1. The maximum Gasteiger partial charge on any atom is 0.220 e. The normalized spacial score (nSPS) is 20.7. The number of hydrogen-bond donors (Lipinski definition) is 2. The molecule has 0 aliphatic carbocycles. The van der Waals surface area contributed by atoms with Crippen LogP contribution in [0.5, 0.6) is 0 Å². The third-order valence-electron chi connectivity index (χ3n) is 4.36. The first kappa shape index (κ1) is 15.9. The second-order valence-corrected chi connectivity index (χ2v) is 5.42. The van der Waals surface area contributed by atoms with Crippen molar-refractivity contribution in [3.8, 4) is 6.07 Å². The molecule has 108 valence electrons.